The van der Waals surface area contributed by atoms with Crippen molar-refractivity contribution in [2.24, 2.45) is 0 Å². The van der Waals surface area contributed by atoms with E-state index in [0.29, 0.717) is 6.61 Å². The van der Waals surface area contributed by atoms with Gasteiger partial charge in [-0.05, 0) is 12.0 Å². The molecule has 0 heterocycles. The number of hydrogen-bond donors (Lipinski definition) is 0. The van der Waals surface area contributed by atoms with Crippen LogP contribution in [-0.2, 0) is 25.7 Å². The van der Waals surface area contributed by atoms with Gasteiger partial charge in [0.2, 0.25) is 0 Å². The van der Waals surface area contributed by atoms with Crippen LogP contribution < -0.4 is 0 Å². The Kier molecular flexibility index (Phi) is 14.9. The zero-order chi connectivity index (χ0) is 20.3. The van der Waals surface area contributed by atoms with Crippen LogP contribution in [0.25, 0.3) is 0 Å². The molecule has 4 heteroatoms. The maximum absolute atomic E-state index is 11.7. The lowest BCUT2D eigenvalue weighted by Crippen LogP contribution is -2.11. The number of benzene rings is 1. The average Bonchev–Trinajstić information content (AvgIpc) is 2.72. The van der Waals surface area contributed by atoms with Gasteiger partial charge >= 0.3 is 11.9 Å². The molecule has 0 aliphatic carbocycles. The highest BCUT2D eigenvalue weighted by Gasteiger charge is 2.09. The number of rotatable bonds is 17. The van der Waals surface area contributed by atoms with E-state index in [1.807, 2.05) is 30.3 Å². The lowest BCUT2D eigenvalue weighted by atomic mass is 10.1. The third kappa shape index (κ3) is 14.2. The molecule has 0 aromatic heterocycles. The Morgan fingerprint density at radius 1 is 0.679 bits per heavy atom. The smallest absolute Gasteiger partial charge is 0.306 e. The second-order valence-electron chi connectivity index (χ2n) is 7.40. The molecular formula is C24H38O4. The molecule has 28 heavy (non-hydrogen) atoms. The molecule has 158 valence electrons. The number of hydrogen-bond acceptors (Lipinski definition) is 4. The molecule has 0 atom stereocenters. The van der Waals surface area contributed by atoms with Gasteiger partial charge in [-0.1, -0.05) is 101 Å². The van der Waals surface area contributed by atoms with Crippen molar-refractivity contribution in [2.45, 2.75) is 97.0 Å². The Hall–Kier alpha value is -1.84. The molecule has 0 amide bonds. The van der Waals surface area contributed by atoms with Crippen LogP contribution in [-0.4, -0.2) is 18.5 Å². The minimum absolute atomic E-state index is 0.0733. The van der Waals surface area contributed by atoms with Crippen molar-refractivity contribution in [1.82, 2.24) is 0 Å². The van der Waals surface area contributed by atoms with Crippen LogP contribution in [0.15, 0.2) is 30.3 Å². The summed E-state index contributed by atoms with van der Waals surface area (Å²) >= 11 is 0. The second-order valence-corrected chi connectivity index (χ2v) is 7.40. The summed E-state index contributed by atoms with van der Waals surface area (Å²) in [6.07, 6.45) is 14.1. The van der Waals surface area contributed by atoms with Gasteiger partial charge in [0, 0.05) is 0 Å². The van der Waals surface area contributed by atoms with Crippen LogP contribution in [0.2, 0.25) is 0 Å². The molecule has 0 saturated heterocycles. The van der Waals surface area contributed by atoms with Crippen LogP contribution in [0, 0.1) is 0 Å². The van der Waals surface area contributed by atoms with Gasteiger partial charge in [-0.15, -0.1) is 0 Å². The molecule has 0 unspecified atom stereocenters. The molecule has 0 saturated carbocycles. The summed E-state index contributed by atoms with van der Waals surface area (Å²) in [6, 6.07) is 9.51. The number of carbonyl (C=O) groups excluding carboxylic acids is 2. The van der Waals surface area contributed by atoms with Crippen molar-refractivity contribution in [1.29, 1.82) is 0 Å². The molecule has 0 radical (unpaired) electrons. The molecule has 0 N–H and O–H groups in total. The van der Waals surface area contributed by atoms with Crippen LogP contribution >= 0.6 is 0 Å². The van der Waals surface area contributed by atoms with Gasteiger partial charge in [-0.3, -0.25) is 9.59 Å². The average molecular weight is 391 g/mol. The minimum Gasteiger partial charge on any atom is -0.466 e. The van der Waals surface area contributed by atoms with Crippen molar-refractivity contribution >= 4 is 11.9 Å². The van der Waals surface area contributed by atoms with E-state index in [1.54, 1.807) is 0 Å². The van der Waals surface area contributed by atoms with Crippen LogP contribution in [0.4, 0.5) is 0 Å². The van der Waals surface area contributed by atoms with Crippen molar-refractivity contribution in [3.63, 3.8) is 0 Å². The summed E-state index contributed by atoms with van der Waals surface area (Å²) in [5.41, 5.74) is 0.940. The topological polar surface area (TPSA) is 52.6 Å². The third-order valence-corrected chi connectivity index (χ3v) is 4.79. The summed E-state index contributed by atoms with van der Waals surface area (Å²) in [7, 11) is 0. The van der Waals surface area contributed by atoms with Crippen LogP contribution in [0.3, 0.4) is 0 Å². The van der Waals surface area contributed by atoms with Gasteiger partial charge in [0.05, 0.1) is 19.4 Å². The summed E-state index contributed by atoms with van der Waals surface area (Å²) in [4.78, 5) is 23.3. The first-order valence-electron chi connectivity index (χ1n) is 11.1. The standard InChI is InChI=1S/C24H38O4/c1-2-3-4-5-6-7-8-9-10-11-15-20-27-23(25)18-19-24(26)28-21-22-16-13-12-14-17-22/h12-14,16-17H,2-11,15,18-21H2,1H3. The lowest BCUT2D eigenvalue weighted by Gasteiger charge is -2.06. The SMILES string of the molecule is CCCCCCCCCCCCCOC(=O)CCC(=O)OCc1ccccc1. The van der Waals surface area contributed by atoms with Gasteiger partial charge in [0.25, 0.3) is 0 Å². The van der Waals surface area contributed by atoms with Crippen molar-refractivity contribution in [3.8, 4) is 0 Å². The molecule has 0 spiro atoms. The minimum atomic E-state index is -0.365. The molecule has 1 aromatic rings. The van der Waals surface area contributed by atoms with Crippen molar-refractivity contribution < 1.29 is 19.1 Å². The predicted octanol–water partition coefficient (Wildman–Crippen LogP) is 6.36. The first-order valence-corrected chi connectivity index (χ1v) is 11.1. The Balaban J connectivity index is 1.86. The summed E-state index contributed by atoms with van der Waals surface area (Å²) in [5.74, 6) is -0.681. The quantitative estimate of drug-likeness (QED) is 0.229. The molecular weight excluding hydrogens is 352 g/mol. The van der Waals surface area contributed by atoms with E-state index in [-0.39, 0.29) is 31.4 Å². The maximum Gasteiger partial charge on any atom is 0.306 e. The first-order chi connectivity index (χ1) is 13.7. The van der Waals surface area contributed by atoms with Crippen LogP contribution in [0.1, 0.15) is 96.0 Å². The lowest BCUT2D eigenvalue weighted by molar-refractivity contribution is -0.151. The van der Waals surface area contributed by atoms with E-state index >= 15 is 0 Å². The van der Waals surface area contributed by atoms with Gasteiger partial charge in [-0.2, -0.15) is 0 Å². The highest BCUT2D eigenvalue weighted by atomic mass is 16.5. The maximum atomic E-state index is 11.7. The normalized spacial score (nSPS) is 10.6. The number of unbranched alkanes of at least 4 members (excludes halogenated alkanes) is 10. The summed E-state index contributed by atoms with van der Waals surface area (Å²) < 4.78 is 10.3. The molecule has 0 bridgehead atoms. The summed E-state index contributed by atoms with van der Waals surface area (Å²) in [6.45, 7) is 2.95. The summed E-state index contributed by atoms with van der Waals surface area (Å²) in [5, 5.41) is 0. The third-order valence-electron chi connectivity index (χ3n) is 4.79. The fourth-order valence-electron chi connectivity index (χ4n) is 3.04. The number of carbonyl (C=O) groups is 2. The van der Waals surface area contributed by atoms with E-state index < -0.39 is 0 Å². The second kappa shape index (κ2) is 17.3. The molecule has 1 aromatic carbocycles. The van der Waals surface area contributed by atoms with Crippen molar-refractivity contribution in [3.05, 3.63) is 35.9 Å². The van der Waals surface area contributed by atoms with Gasteiger partial charge in [0.15, 0.2) is 0 Å². The molecule has 0 aliphatic heterocycles. The number of ether oxygens (including phenoxy) is 2. The van der Waals surface area contributed by atoms with E-state index in [1.165, 1.54) is 57.8 Å². The van der Waals surface area contributed by atoms with Gasteiger partial charge in [0.1, 0.15) is 6.61 Å². The van der Waals surface area contributed by atoms with Gasteiger partial charge < -0.3 is 9.47 Å². The molecule has 4 nitrogen and oxygen atoms in total. The zero-order valence-corrected chi connectivity index (χ0v) is 17.6. The number of esters is 2. The van der Waals surface area contributed by atoms with E-state index in [0.717, 1.165) is 18.4 Å². The fourth-order valence-corrected chi connectivity index (χ4v) is 3.04. The van der Waals surface area contributed by atoms with E-state index in [9.17, 15) is 9.59 Å². The highest BCUT2D eigenvalue weighted by Crippen LogP contribution is 2.11. The first kappa shape index (κ1) is 24.2. The Morgan fingerprint density at radius 3 is 1.75 bits per heavy atom. The van der Waals surface area contributed by atoms with E-state index in [2.05, 4.69) is 6.92 Å². The molecule has 0 aliphatic rings. The fraction of sp³-hybridized carbons (Fsp3) is 0.667. The van der Waals surface area contributed by atoms with E-state index in [4.69, 9.17) is 9.47 Å². The van der Waals surface area contributed by atoms with Crippen molar-refractivity contribution in [2.75, 3.05) is 6.61 Å². The Morgan fingerprint density at radius 2 is 1.18 bits per heavy atom. The highest BCUT2D eigenvalue weighted by molar-refractivity contribution is 5.77. The molecule has 1 rings (SSSR count). The largest absolute Gasteiger partial charge is 0.466 e. The Bertz CT molecular complexity index is 513. The van der Waals surface area contributed by atoms with Crippen LogP contribution in [0.5, 0.6) is 0 Å². The molecule has 0 fully saturated rings. The predicted molar refractivity (Wildman–Crippen MR) is 113 cm³/mol. The monoisotopic (exact) mass is 390 g/mol. The zero-order valence-electron chi connectivity index (χ0n) is 17.6. The Labute approximate surface area is 171 Å². The van der Waals surface area contributed by atoms with Gasteiger partial charge in [-0.25, -0.2) is 0 Å².